The fourth-order valence-corrected chi connectivity index (χ4v) is 0.802. The highest BCUT2D eigenvalue weighted by Gasteiger charge is 2.70. The summed E-state index contributed by atoms with van der Waals surface area (Å²) < 4.78 is 36.0. The molecule has 0 amide bonds. The Balaban J connectivity index is 2.57. The molecule has 1 unspecified atom stereocenters. The lowest BCUT2D eigenvalue weighted by Gasteiger charge is -2.05. The number of rotatable bonds is 2. The third-order valence-corrected chi connectivity index (χ3v) is 1.86. The molecule has 4 heteroatoms. The average Bonchev–Trinajstić information content (AvgIpc) is 2.35. The van der Waals surface area contributed by atoms with Crippen molar-refractivity contribution >= 4 is 0 Å². The zero-order valence-corrected chi connectivity index (χ0v) is 4.83. The van der Waals surface area contributed by atoms with Crippen LogP contribution in [0.25, 0.3) is 0 Å². The first-order valence-electron chi connectivity index (χ1n) is 2.72. The zero-order chi connectivity index (χ0) is 7.12. The average molecular weight is 139 g/mol. The van der Waals surface area contributed by atoms with Gasteiger partial charge in [0.15, 0.2) is 0 Å². The summed E-state index contributed by atoms with van der Waals surface area (Å²) in [4.78, 5) is 0. The van der Waals surface area contributed by atoms with Gasteiger partial charge in [-0.15, -0.1) is 0 Å². The Kier molecular flexibility index (Phi) is 1.24. The molecule has 0 spiro atoms. The molecule has 1 fully saturated rings. The lowest BCUT2D eigenvalue weighted by atomic mass is 10.1. The third-order valence-electron chi connectivity index (χ3n) is 1.86. The lowest BCUT2D eigenvalue weighted by molar-refractivity contribution is 0.0566. The number of nitrogens with two attached hydrogens (primary N) is 1. The fraction of sp³-hybridized carbons (Fsp3) is 1.00. The van der Waals surface area contributed by atoms with Crippen molar-refractivity contribution in [1.29, 1.82) is 0 Å². The van der Waals surface area contributed by atoms with E-state index in [9.17, 15) is 13.2 Å². The second-order valence-electron chi connectivity index (χ2n) is 2.50. The van der Waals surface area contributed by atoms with Gasteiger partial charge in [-0.3, -0.25) is 4.39 Å². The SMILES string of the molecule is NCC1(CF)CC1(F)F. The molecule has 0 aromatic carbocycles. The van der Waals surface area contributed by atoms with Crippen LogP contribution in [0.1, 0.15) is 6.42 Å². The number of hydrogen-bond donors (Lipinski definition) is 1. The Bertz CT molecular complexity index is 119. The van der Waals surface area contributed by atoms with E-state index in [0.29, 0.717) is 0 Å². The molecule has 1 aliphatic rings. The maximum absolute atomic E-state index is 12.1. The number of halogens is 3. The molecular weight excluding hydrogens is 131 g/mol. The van der Waals surface area contributed by atoms with E-state index in [-0.39, 0.29) is 13.0 Å². The van der Waals surface area contributed by atoms with E-state index in [0.717, 1.165) is 0 Å². The van der Waals surface area contributed by atoms with Crippen LogP contribution in [0.3, 0.4) is 0 Å². The standard InChI is InChI=1S/C5H8F3N/c6-2-4(3-9)1-5(4,7)8/h1-3,9H2. The first-order chi connectivity index (χ1) is 4.08. The summed E-state index contributed by atoms with van der Waals surface area (Å²) in [5.74, 6) is -2.84. The smallest absolute Gasteiger partial charge is 0.258 e. The van der Waals surface area contributed by atoms with E-state index in [4.69, 9.17) is 5.73 Å². The maximum atomic E-state index is 12.1. The largest absolute Gasteiger partial charge is 0.330 e. The molecule has 0 saturated heterocycles. The molecular formula is C5H8F3N. The minimum atomic E-state index is -2.84. The van der Waals surface area contributed by atoms with Crippen LogP contribution < -0.4 is 5.73 Å². The van der Waals surface area contributed by atoms with Crippen molar-refractivity contribution in [2.45, 2.75) is 12.3 Å². The number of hydrogen-bond acceptors (Lipinski definition) is 1. The molecule has 0 aromatic heterocycles. The molecule has 1 saturated carbocycles. The van der Waals surface area contributed by atoms with E-state index in [1.54, 1.807) is 0 Å². The second-order valence-corrected chi connectivity index (χ2v) is 2.50. The minimum absolute atomic E-state index is 0.253. The quantitative estimate of drug-likeness (QED) is 0.605. The zero-order valence-electron chi connectivity index (χ0n) is 4.83. The summed E-state index contributed by atoms with van der Waals surface area (Å²) in [5, 5.41) is 0. The van der Waals surface area contributed by atoms with Gasteiger partial charge in [0.1, 0.15) is 6.67 Å². The second kappa shape index (κ2) is 1.62. The van der Waals surface area contributed by atoms with Crippen molar-refractivity contribution < 1.29 is 13.2 Å². The molecule has 1 nitrogen and oxygen atoms in total. The van der Waals surface area contributed by atoms with Gasteiger partial charge in [-0.1, -0.05) is 0 Å². The highest BCUT2D eigenvalue weighted by molar-refractivity contribution is 5.10. The maximum Gasteiger partial charge on any atom is 0.258 e. The summed E-state index contributed by atoms with van der Waals surface area (Å²) in [7, 11) is 0. The molecule has 2 N–H and O–H groups in total. The summed E-state index contributed by atoms with van der Waals surface area (Å²) >= 11 is 0. The van der Waals surface area contributed by atoms with E-state index in [1.807, 2.05) is 0 Å². The first kappa shape index (κ1) is 6.86. The molecule has 1 aliphatic carbocycles. The Morgan fingerprint density at radius 2 is 1.89 bits per heavy atom. The van der Waals surface area contributed by atoms with Crippen molar-refractivity contribution in [3.05, 3.63) is 0 Å². The van der Waals surface area contributed by atoms with Gasteiger partial charge in [-0.05, 0) is 0 Å². The van der Waals surface area contributed by atoms with Gasteiger partial charge in [-0.2, -0.15) is 0 Å². The summed E-state index contributed by atoms with van der Waals surface area (Å²) in [6, 6.07) is 0. The van der Waals surface area contributed by atoms with Crippen LogP contribution in [0.15, 0.2) is 0 Å². The normalized spacial score (nSPS) is 38.7. The lowest BCUT2D eigenvalue weighted by Crippen LogP contribution is -2.24. The van der Waals surface area contributed by atoms with E-state index >= 15 is 0 Å². The molecule has 1 atom stereocenters. The van der Waals surface area contributed by atoms with Gasteiger partial charge in [0.2, 0.25) is 0 Å². The van der Waals surface area contributed by atoms with Crippen molar-refractivity contribution in [2.75, 3.05) is 13.2 Å². The fourth-order valence-electron chi connectivity index (χ4n) is 0.802. The van der Waals surface area contributed by atoms with Crippen molar-refractivity contribution in [3.63, 3.8) is 0 Å². The molecule has 0 radical (unpaired) electrons. The van der Waals surface area contributed by atoms with Gasteiger partial charge < -0.3 is 5.73 Å². The van der Waals surface area contributed by atoms with Gasteiger partial charge >= 0.3 is 0 Å². The highest BCUT2D eigenvalue weighted by atomic mass is 19.3. The molecule has 0 aliphatic heterocycles. The molecule has 0 aromatic rings. The predicted octanol–water partition coefficient (Wildman–Crippen LogP) is 0.940. The number of alkyl halides is 3. The van der Waals surface area contributed by atoms with Crippen LogP contribution in [-0.2, 0) is 0 Å². The van der Waals surface area contributed by atoms with Crippen LogP contribution in [0.5, 0.6) is 0 Å². The Labute approximate surface area is 51.0 Å². The summed E-state index contributed by atoms with van der Waals surface area (Å²) in [5.41, 5.74) is 3.44. The van der Waals surface area contributed by atoms with Crippen molar-refractivity contribution in [2.24, 2.45) is 11.1 Å². The van der Waals surface area contributed by atoms with Crippen LogP contribution in [0, 0.1) is 5.41 Å². The monoisotopic (exact) mass is 139 g/mol. The van der Waals surface area contributed by atoms with Gasteiger partial charge in [0.25, 0.3) is 5.92 Å². The van der Waals surface area contributed by atoms with Gasteiger partial charge in [0, 0.05) is 13.0 Å². The topological polar surface area (TPSA) is 26.0 Å². The molecule has 9 heavy (non-hydrogen) atoms. The van der Waals surface area contributed by atoms with E-state index < -0.39 is 18.0 Å². The predicted molar refractivity (Wildman–Crippen MR) is 27.0 cm³/mol. The Hall–Kier alpha value is -0.250. The molecule has 1 rings (SSSR count). The minimum Gasteiger partial charge on any atom is -0.330 e. The van der Waals surface area contributed by atoms with Gasteiger partial charge in [-0.25, -0.2) is 8.78 Å². The van der Waals surface area contributed by atoms with Crippen molar-refractivity contribution in [1.82, 2.24) is 0 Å². The molecule has 0 heterocycles. The van der Waals surface area contributed by atoms with Crippen LogP contribution in [0.4, 0.5) is 13.2 Å². The van der Waals surface area contributed by atoms with Crippen molar-refractivity contribution in [3.8, 4) is 0 Å². The Morgan fingerprint density at radius 3 is 1.89 bits per heavy atom. The van der Waals surface area contributed by atoms with E-state index in [2.05, 4.69) is 0 Å². The van der Waals surface area contributed by atoms with Crippen LogP contribution >= 0.6 is 0 Å². The highest BCUT2D eigenvalue weighted by Crippen LogP contribution is 2.59. The summed E-state index contributed by atoms with van der Waals surface area (Å²) in [6.45, 7) is -1.26. The molecule has 54 valence electrons. The summed E-state index contributed by atoms with van der Waals surface area (Å²) in [6.07, 6.45) is -0.382. The van der Waals surface area contributed by atoms with Gasteiger partial charge in [0.05, 0.1) is 5.41 Å². The third kappa shape index (κ3) is 0.729. The Morgan fingerprint density at radius 1 is 1.44 bits per heavy atom. The van der Waals surface area contributed by atoms with Crippen LogP contribution in [0.2, 0.25) is 0 Å². The van der Waals surface area contributed by atoms with E-state index in [1.165, 1.54) is 0 Å². The van der Waals surface area contributed by atoms with Crippen LogP contribution in [-0.4, -0.2) is 19.1 Å². The first-order valence-corrected chi connectivity index (χ1v) is 2.72. The molecule has 0 bridgehead atoms.